The van der Waals surface area contributed by atoms with E-state index in [9.17, 15) is 8.42 Å². The summed E-state index contributed by atoms with van der Waals surface area (Å²) in [5.41, 5.74) is 1.79. The fraction of sp³-hybridized carbons (Fsp3) is 0.0667. The van der Waals surface area contributed by atoms with E-state index in [1.807, 2.05) is 24.4 Å². The molecule has 4 rings (SSSR count). The maximum atomic E-state index is 9.40. The molecule has 10 heteroatoms. The largest absolute Gasteiger partial charge is 0.427 e. The first kappa shape index (κ1) is 19.0. The minimum Gasteiger partial charge on any atom is -0.427 e. The van der Waals surface area contributed by atoms with Crippen molar-refractivity contribution in [1.29, 1.82) is 0 Å². The molecule has 7 nitrogen and oxygen atoms in total. The van der Waals surface area contributed by atoms with Crippen LogP contribution in [0.2, 0.25) is 5.02 Å². The molecular formula is C15H14Cl2N4O3S. The fourth-order valence-electron chi connectivity index (χ4n) is 1.88. The van der Waals surface area contributed by atoms with E-state index in [-0.39, 0.29) is 0 Å². The van der Waals surface area contributed by atoms with Crippen LogP contribution in [-0.2, 0) is 9.05 Å². The molecule has 0 aromatic carbocycles. The van der Waals surface area contributed by atoms with Crippen LogP contribution < -0.4 is 0 Å². The molecule has 0 saturated heterocycles. The Morgan fingerprint density at radius 1 is 1.16 bits per heavy atom. The molecule has 0 radical (unpaired) electrons. The minimum atomic E-state index is -3.19. The smallest absolute Gasteiger partial charge is 0.229 e. The summed E-state index contributed by atoms with van der Waals surface area (Å²) in [4.78, 5) is 11.0. The molecule has 2 aromatic rings. The van der Waals surface area contributed by atoms with E-state index in [0.717, 1.165) is 32.6 Å². The summed E-state index contributed by atoms with van der Waals surface area (Å²) in [7, 11) is 1.31. The number of halogens is 2. The Hall–Kier alpha value is -2.29. The molecule has 2 N–H and O–H groups in total. The van der Waals surface area contributed by atoms with Crippen molar-refractivity contribution in [2.45, 2.75) is 0 Å². The number of nitrogens with zero attached hydrogens (tertiary/aromatic N) is 3. The van der Waals surface area contributed by atoms with Crippen LogP contribution in [0.3, 0.4) is 0 Å². The standard InChI is InChI=1S/C7H5ClN2.C7H6N2O.CH3ClO2S/c8-6-2-4-10-7-5(6)1-3-9-7;10-9-5-1-2-6-3-4-8-7(6)9;1-5(2,3)4/h1-4H,(H,9,10);1-5,10H;1H3. The Labute approximate surface area is 153 Å². The second-order valence-electron chi connectivity index (χ2n) is 4.79. The predicted octanol–water partition coefficient (Wildman–Crippen LogP) is 3.63. The van der Waals surface area contributed by atoms with Gasteiger partial charge in [0.15, 0.2) is 5.82 Å². The summed E-state index contributed by atoms with van der Waals surface area (Å²) in [5.74, 6) is 0.600. The first-order chi connectivity index (χ1) is 11.8. The molecule has 2 aromatic heterocycles. The molecule has 0 unspecified atom stereocenters. The number of rotatable bonds is 0. The van der Waals surface area contributed by atoms with Gasteiger partial charge in [-0.2, -0.15) is 4.73 Å². The summed E-state index contributed by atoms with van der Waals surface area (Å²) >= 11 is 5.84. The third-order valence-electron chi connectivity index (χ3n) is 2.84. The van der Waals surface area contributed by atoms with Gasteiger partial charge in [0.2, 0.25) is 9.05 Å². The highest BCUT2D eigenvalue weighted by Crippen LogP contribution is 2.19. The second-order valence-corrected chi connectivity index (χ2v) is 8.24. The highest BCUT2D eigenvalue weighted by atomic mass is 35.7. The average Bonchev–Trinajstić information content (AvgIpc) is 3.16. The summed E-state index contributed by atoms with van der Waals surface area (Å²) in [6.45, 7) is 0. The van der Waals surface area contributed by atoms with E-state index >= 15 is 0 Å². The molecule has 0 spiro atoms. The van der Waals surface area contributed by atoms with Crippen LogP contribution in [0.4, 0.5) is 0 Å². The average molecular weight is 401 g/mol. The summed E-state index contributed by atoms with van der Waals surface area (Å²) in [6.07, 6.45) is 7.64. The molecule has 2 aliphatic rings. The minimum absolute atomic E-state index is 0.600. The third-order valence-corrected chi connectivity index (χ3v) is 3.17. The monoisotopic (exact) mass is 400 g/mol. The molecule has 132 valence electrons. The van der Waals surface area contributed by atoms with Gasteiger partial charge in [0.05, 0.1) is 11.3 Å². The van der Waals surface area contributed by atoms with Gasteiger partial charge in [-0.3, -0.25) is 0 Å². The zero-order valence-corrected chi connectivity index (χ0v) is 15.3. The number of H-pyrrole nitrogens is 1. The summed E-state index contributed by atoms with van der Waals surface area (Å²) in [6, 6.07) is 9.20. The van der Waals surface area contributed by atoms with Crippen LogP contribution in [0.1, 0.15) is 0 Å². The van der Waals surface area contributed by atoms with Crippen LogP contribution in [-0.4, -0.2) is 39.6 Å². The number of pyridine rings is 2. The molecule has 0 amide bonds. The zero-order valence-electron chi connectivity index (χ0n) is 13.0. The van der Waals surface area contributed by atoms with E-state index in [4.69, 9.17) is 16.8 Å². The van der Waals surface area contributed by atoms with Crippen LogP contribution in [0.25, 0.3) is 22.4 Å². The number of aromatic nitrogens is 4. The quantitative estimate of drug-likeness (QED) is 0.346. The zero-order chi connectivity index (χ0) is 18.4. The third kappa shape index (κ3) is 5.93. The number of hydrogen-bond acceptors (Lipinski definition) is 5. The molecule has 0 fully saturated rings. The van der Waals surface area contributed by atoms with Gasteiger partial charge in [-0.1, -0.05) is 11.6 Å². The first-order valence-electron chi connectivity index (χ1n) is 6.84. The van der Waals surface area contributed by atoms with Gasteiger partial charge >= 0.3 is 0 Å². The molecule has 0 aliphatic carbocycles. The van der Waals surface area contributed by atoms with Crippen LogP contribution in [0, 0.1) is 0 Å². The molecule has 4 heterocycles. The van der Waals surface area contributed by atoms with Gasteiger partial charge in [0.25, 0.3) is 0 Å². The highest BCUT2D eigenvalue weighted by molar-refractivity contribution is 8.13. The predicted molar refractivity (Wildman–Crippen MR) is 97.8 cm³/mol. The number of nitrogens with one attached hydrogen (secondary N) is 1. The lowest BCUT2D eigenvalue weighted by atomic mass is 10.3. The number of fused-ring (bicyclic) bond motifs is 2. The van der Waals surface area contributed by atoms with Crippen molar-refractivity contribution in [2.24, 2.45) is 0 Å². The van der Waals surface area contributed by atoms with Crippen LogP contribution in [0.15, 0.2) is 55.1 Å². The molecule has 0 atom stereocenters. The number of aromatic amines is 1. The van der Waals surface area contributed by atoms with Crippen molar-refractivity contribution >= 4 is 42.4 Å². The van der Waals surface area contributed by atoms with E-state index < -0.39 is 9.05 Å². The Bertz CT molecular complexity index is 1020. The molecule has 0 saturated carbocycles. The molecular weight excluding hydrogens is 387 g/mol. The van der Waals surface area contributed by atoms with E-state index in [1.165, 1.54) is 0 Å². The fourth-order valence-corrected chi connectivity index (χ4v) is 2.09. The summed E-state index contributed by atoms with van der Waals surface area (Å²) in [5, 5.41) is 10.8. The number of hydrogen-bond donors (Lipinski definition) is 2. The lowest BCUT2D eigenvalue weighted by Crippen LogP contribution is -1.96. The SMILES string of the molecule is CS(=O)(=O)Cl.Clc1ccnc2[nH]ccc12.On1cccc2ccnc1-2. The molecule has 25 heavy (non-hydrogen) atoms. The van der Waals surface area contributed by atoms with Crippen molar-refractivity contribution in [3.05, 3.63) is 60.1 Å². The Kier molecular flexibility index (Phi) is 6.24. The van der Waals surface area contributed by atoms with Crippen LogP contribution in [0.5, 0.6) is 0 Å². The van der Waals surface area contributed by atoms with Crippen molar-refractivity contribution in [3.8, 4) is 11.4 Å². The van der Waals surface area contributed by atoms with Gasteiger partial charge < -0.3 is 10.2 Å². The van der Waals surface area contributed by atoms with Crippen molar-refractivity contribution < 1.29 is 13.6 Å². The Morgan fingerprint density at radius 2 is 1.84 bits per heavy atom. The topological polar surface area (TPSA) is 101 Å². The van der Waals surface area contributed by atoms with E-state index in [2.05, 4.69) is 25.6 Å². The van der Waals surface area contributed by atoms with Gasteiger partial charge in [-0.15, -0.1) is 0 Å². The molecule has 0 bridgehead atoms. The van der Waals surface area contributed by atoms with Gasteiger partial charge in [-0.25, -0.2) is 18.4 Å². The highest BCUT2D eigenvalue weighted by Gasteiger charge is 2.04. The van der Waals surface area contributed by atoms with Crippen molar-refractivity contribution in [1.82, 2.24) is 19.7 Å². The lowest BCUT2D eigenvalue weighted by molar-refractivity contribution is 0.187. The van der Waals surface area contributed by atoms with Crippen molar-refractivity contribution in [3.63, 3.8) is 0 Å². The van der Waals surface area contributed by atoms with Gasteiger partial charge in [0, 0.05) is 46.4 Å². The molecule has 2 aliphatic heterocycles. The van der Waals surface area contributed by atoms with Gasteiger partial charge in [0.1, 0.15) is 5.65 Å². The normalized spacial score (nSPS) is 10.7. The Balaban J connectivity index is 0.000000144. The van der Waals surface area contributed by atoms with E-state index in [1.54, 1.807) is 30.7 Å². The maximum Gasteiger partial charge on any atom is 0.229 e. The second kappa shape index (κ2) is 8.19. The van der Waals surface area contributed by atoms with Gasteiger partial charge in [-0.05, 0) is 30.3 Å². The van der Waals surface area contributed by atoms with Crippen molar-refractivity contribution in [2.75, 3.05) is 6.26 Å². The first-order valence-corrected chi connectivity index (χ1v) is 9.94. The Morgan fingerprint density at radius 3 is 2.48 bits per heavy atom. The summed E-state index contributed by atoms with van der Waals surface area (Å²) < 4.78 is 19.8. The van der Waals surface area contributed by atoms with E-state index in [0.29, 0.717) is 5.82 Å². The van der Waals surface area contributed by atoms with Crippen LogP contribution >= 0.6 is 22.3 Å². The lowest BCUT2D eigenvalue weighted by Gasteiger charge is -2.00. The maximum absolute atomic E-state index is 9.40.